The number of nitrogens with zero attached hydrogens (tertiary/aromatic N) is 1. The lowest BCUT2D eigenvalue weighted by Gasteiger charge is -2.06. The van der Waals surface area contributed by atoms with Crippen LogP contribution in [0.2, 0.25) is 0 Å². The Labute approximate surface area is 113 Å². The minimum atomic E-state index is -3.46. The summed E-state index contributed by atoms with van der Waals surface area (Å²) >= 11 is 1.70. The Morgan fingerprint density at radius 3 is 2.72 bits per heavy atom. The third-order valence-electron chi connectivity index (χ3n) is 2.27. The summed E-state index contributed by atoms with van der Waals surface area (Å²) in [7, 11) is -1.63. The minimum absolute atomic E-state index is 0.0755. The van der Waals surface area contributed by atoms with E-state index in [0.717, 1.165) is 17.7 Å². The number of aromatic nitrogens is 1. The maximum absolute atomic E-state index is 11.9. The highest BCUT2D eigenvalue weighted by atomic mass is 32.2. The van der Waals surface area contributed by atoms with E-state index in [9.17, 15) is 8.42 Å². The van der Waals surface area contributed by atoms with Crippen LogP contribution >= 0.6 is 11.8 Å². The summed E-state index contributed by atoms with van der Waals surface area (Å²) in [6.07, 6.45) is 4.39. The lowest BCUT2D eigenvalue weighted by molar-refractivity contribution is 0.577. The van der Waals surface area contributed by atoms with Gasteiger partial charge in [0.05, 0.1) is 0 Å². The van der Waals surface area contributed by atoms with E-state index in [2.05, 4.69) is 15.0 Å². The van der Waals surface area contributed by atoms with Gasteiger partial charge in [-0.2, -0.15) is 11.8 Å². The van der Waals surface area contributed by atoms with Gasteiger partial charge < -0.3 is 5.32 Å². The molecule has 0 saturated heterocycles. The van der Waals surface area contributed by atoms with E-state index in [-0.39, 0.29) is 5.03 Å². The number of sulfonamides is 1. The molecule has 0 aliphatic rings. The van der Waals surface area contributed by atoms with Crippen molar-refractivity contribution in [2.75, 3.05) is 25.6 Å². The fourth-order valence-electron chi connectivity index (χ4n) is 1.38. The van der Waals surface area contributed by atoms with Crippen molar-refractivity contribution in [1.29, 1.82) is 0 Å². The van der Waals surface area contributed by atoms with Gasteiger partial charge in [-0.3, -0.25) is 0 Å². The van der Waals surface area contributed by atoms with Crippen molar-refractivity contribution in [3.8, 4) is 0 Å². The van der Waals surface area contributed by atoms with Gasteiger partial charge in [-0.25, -0.2) is 18.1 Å². The van der Waals surface area contributed by atoms with Crippen molar-refractivity contribution in [2.45, 2.75) is 18.0 Å². The summed E-state index contributed by atoms with van der Waals surface area (Å²) in [5.74, 6) is 0.942. The number of thioether (sulfide) groups is 1. The van der Waals surface area contributed by atoms with E-state index in [1.165, 1.54) is 6.07 Å². The molecule has 0 aliphatic carbocycles. The Morgan fingerprint density at radius 1 is 1.39 bits per heavy atom. The molecule has 0 aromatic carbocycles. The number of hydrogen-bond donors (Lipinski definition) is 2. The van der Waals surface area contributed by atoms with E-state index in [1.807, 2.05) is 13.3 Å². The molecule has 0 fully saturated rings. The van der Waals surface area contributed by atoms with Crippen LogP contribution in [0.25, 0.3) is 0 Å². The maximum atomic E-state index is 11.9. The lowest BCUT2D eigenvalue weighted by atomic mass is 10.3. The van der Waals surface area contributed by atoms with Gasteiger partial charge in [0.15, 0.2) is 5.03 Å². The van der Waals surface area contributed by atoms with E-state index >= 15 is 0 Å². The van der Waals surface area contributed by atoms with Gasteiger partial charge >= 0.3 is 0 Å². The quantitative estimate of drug-likeness (QED) is 0.694. The molecule has 7 heteroatoms. The second-order valence-corrected chi connectivity index (χ2v) is 6.48. The van der Waals surface area contributed by atoms with Crippen LogP contribution < -0.4 is 10.0 Å². The number of rotatable bonds is 8. The van der Waals surface area contributed by atoms with Crippen LogP contribution in [0.4, 0.5) is 0 Å². The predicted molar refractivity (Wildman–Crippen MR) is 75.2 cm³/mol. The van der Waals surface area contributed by atoms with E-state index in [1.54, 1.807) is 24.0 Å². The van der Waals surface area contributed by atoms with Crippen LogP contribution in [0.1, 0.15) is 12.0 Å². The van der Waals surface area contributed by atoms with E-state index in [4.69, 9.17) is 0 Å². The highest BCUT2D eigenvalue weighted by molar-refractivity contribution is 7.98. The van der Waals surface area contributed by atoms with Crippen molar-refractivity contribution in [3.63, 3.8) is 0 Å². The average Bonchev–Trinajstić information content (AvgIpc) is 2.36. The SMILES string of the molecule is CNCc1ccc(S(=O)(=O)NCCCSC)nc1. The molecule has 1 heterocycles. The number of pyridine rings is 1. The molecule has 5 nitrogen and oxygen atoms in total. The molecule has 0 radical (unpaired) electrons. The molecule has 0 saturated carbocycles. The first kappa shape index (κ1) is 15.4. The first-order valence-electron chi connectivity index (χ1n) is 5.68. The molecule has 18 heavy (non-hydrogen) atoms. The standard InChI is InChI=1S/C11H19N3O2S2/c1-12-8-10-4-5-11(13-9-10)18(15,16)14-6-3-7-17-2/h4-5,9,12,14H,3,6-8H2,1-2H3. The van der Waals surface area contributed by atoms with Gasteiger partial charge in [-0.05, 0) is 37.1 Å². The second-order valence-electron chi connectivity index (χ2n) is 3.78. The molecule has 0 spiro atoms. The zero-order valence-electron chi connectivity index (χ0n) is 10.6. The largest absolute Gasteiger partial charge is 0.316 e. The zero-order valence-corrected chi connectivity index (χ0v) is 12.3. The van der Waals surface area contributed by atoms with Gasteiger partial charge in [0.25, 0.3) is 10.0 Å². The van der Waals surface area contributed by atoms with Crippen molar-refractivity contribution < 1.29 is 8.42 Å². The fourth-order valence-corrected chi connectivity index (χ4v) is 2.81. The Balaban J connectivity index is 2.61. The van der Waals surface area contributed by atoms with Crippen molar-refractivity contribution in [2.24, 2.45) is 0 Å². The van der Waals surface area contributed by atoms with Crippen LogP contribution in [0, 0.1) is 0 Å². The summed E-state index contributed by atoms with van der Waals surface area (Å²) in [5, 5.41) is 3.06. The molecule has 102 valence electrons. The number of hydrogen-bond acceptors (Lipinski definition) is 5. The van der Waals surface area contributed by atoms with Gasteiger partial charge in [-0.15, -0.1) is 0 Å². The van der Waals surface area contributed by atoms with Gasteiger partial charge in [0.1, 0.15) is 0 Å². The molecule has 1 aromatic rings. The monoisotopic (exact) mass is 289 g/mol. The van der Waals surface area contributed by atoms with Crippen molar-refractivity contribution in [3.05, 3.63) is 23.9 Å². The van der Waals surface area contributed by atoms with Gasteiger partial charge in [-0.1, -0.05) is 6.07 Å². The summed E-state index contributed by atoms with van der Waals surface area (Å²) in [5.41, 5.74) is 0.957. The third-order valence-corrected chi connectivity index (χ3v) is 4.34. The Kier molecular flexibility index (Phi) is 6.62. The molecule has 0 aliphatic heterocycles. The average molecular weight is 289 g/mol. The highest BCUT2D eigenvalue weighted by Crippen LogP contribution is 2.06. The second kappa shape index (κ2) is 7.73. The molecule has 1 rings (SSSR count). The zero-order chi connectivity index (χ0) is 13.4. The Bertz CT molecular complexity index is 446. The normalized spacial score (nSPS) is 11.7. The molecular formula is C11H19N3O2S2. The molecule has 0 unspecified atom stereocenters. The predicted octanol–water partition coefficient (Wildman–Crippen LogP) is 0.832. The summed E-state index contributed by atoms with van der Waals surface area (Å²) in [6, 6.07) is 3.30. The highest BCUT2D eigenvalue weighted by Gasteiger charge is 2.14. The lowest BCUT2D eigenvalue weighted by Crippen LogP contribution is -2.26. The molecule has 1 aromatic heterocycles. The van der Waals surface area contributed by atoms with Crippen molar-refractivity contribution in [1.82, 2.24) is 15.0 Å². The van der Waals surface area contributed by atoms with E-state index < -0.39 is 10.0 Å². The van der Waals surface area contributed by atoms with Crippen LogP contribution in [-0.2, 0) is 16.6 Å². The van der Waals surface area contributed by atoms with Crippen LogP contribution in [0.3, 0.4) is 0 Å². The maximum Gasteiger partial charge on any atom is 0.258 e. The van der Waals surface area contributed by atoms with E-state index in [0.29, 0.717) is 13.1 Å². The first-order chi connectivity index (χ1) is 8.60. The summed E-state index contributed by atoms with van der Waals surface area (Å²) in [6.45, 7) is 1.12. The van der Waals surface area contributed by atoms with Gasteiger partial charge in [0.2, 0.25) is 0 Å². The van der Waals surface area contributed by atoms with Crippen molar-refractivity contribution >= 4 is 21.8 Å². The smallest absolute Gasteiger partial charge is 0.258 e. The Hall–Kier alpha value is -0.630. The number of nitrogens with one attached hydrogen (secondary N) is 2. The fraction of sp³-hybridized carbons (Fsp3) is 0.545. The van der Waals surface area contributed by atoms with Crippen LogP contribution in [-0.4, -0.2) is 39.0 Å². The summed E-state index contributed by atoms with van der Waals surface area (Å²) < 4.78 is 26.3. The molecule has 0 atom stereocenters. The third kappa shape index (κ3) is 4.93. The molecule has 2 N–H and O–H groups in total. The Morgan fingerprint density at radius 2 is 2.17 bits per heavy atom. The van der Waals surface area contributed by atoms with Crippen LogP contribution in [0.5, 0.6) is 0 Å². The minimum Gasteiger partial charge on any atom is -0.316 e. The van der Waals surface area contributed by atoms with Gasteiger partial charge in [0, 0.05) is 19.3 Å². The molecular weight excluding hydrogens is 270 g/mol. The summed E-state index contributed by atoms with van der Waals surface area (Å²) in [4.78, 5) is 3.97. The van der Waals surface area contributed by atoms with Crippen LogP contribution in [0.15, 0.2) is 23.4 Å². The topological polar surface area (TPSA) is 71.1 Å². The molecule has 0 amide bonds. The first-order valence-corrected chi connectivity index (χ1v) is 8.56. The molecule has 0 bridgehead atoms.